The fourth-order valence-corrected chi connectivity index (χ4v) is 3.29. The minimum Gasteiger partial charge on any atom is -0.454 e. The van der Waals surface area contributed by atoms with E-state index in [9.17, 15) is 4.79 Å². The fourth-order valence-electron chi connectivity index (χ4n) is 3.29. The van der Waals surface area contributed by atoms with Gasteiger partial charge in [-0.25, -0.2) is 0 Å². The summed E-state index contributed by atoms with van der Waals surface area (Å²) in [5.74, 6) is 1.60. The average Bonchev–Trinajstić information content (AvgIpc) is 3.25. The van der Waals surface area contributed by atoms with Gasteiger partial charge < -0.3 is 23.8 Å². The summed E-state index contributed by atoms with van der Waals surface area (Å²) in [7, 11) is 0. The average molecular weight is 305 g/mol. The Bertz CT molecular complexity index is 562. The highest BCUT2D eigenvalue weighted by atomic mass is 16.7. The Morgan fingerprint density at radius 1 is 1.09 bits per heavy atom. The Morgan fingerprint density at radius 2 is 1.86 bits per heavy atom. The lowest BCUT2D eigenvalue weighted by Crippen LogP contribution is -2.41. The topological polar surface area (TPSA) is 57.2 Å². The number of hydrogen-bond donors (Lipinski definition) is 0. The van der Waals surface area contributed by atoms with Crippen LogP contribution in [0.1, 0.15) is 23.2 Å². The second-order valence-electron chi connectivity index (χ2n) is 5.78. The van der Waals surface area contributed by atoms with Gasteiger partial charge in [0.25, 0.3) is 5.91 Å². The van der Waals surface area contributed by atoms with E-state index < -0.39 is 0 Å². The number of hydrogen-bond acceptors (Lipinski definition) is 5. The molecular weight excluding hydrogens is 286 g/mol. The van der Waals surface area contributed by atoms with Crippen molar-refractivity contribution in [2.24, 2.45) is 5.92 Å². The van der Waals surface area contributed by atoms with E-state index in [1.807, 2.05) is 17.0 Å². The summed E-state index contributed by atoms with van der Waals surface area (Å²) in [4.78, 5) is 14.6. The smallest absolute Gasteiger partial charge is 0.257 e. The molecule has 0 unspecified atom stereocenters. The molecule has 3 aliphatic heterocycles. The van der Waals surface area contributed by atoms with Crippen molar-refractivity contribution in [2.75, 3.05) is 33.1 Å². The Balaban J connectivity index is 1.43. The van der Waals surface area contributed by atoms with Crippen LogP contribution < -0.4 is 9.47 Å². The quantitative estimate of drug-likeness (QED) is 0.831. The minimum absolute atomic E-state index is 0.00839. The van der Waals surface area contributed by atoms with E-state index in [2.05, 4.69) is 0 Å². The summed E-state index contributed by atoms with van der Waals surface area (Å²) in [5, 5.41) is 0. The minimum atomic E-state index is -0.0880. The zero-order valence-corrected chi connectivity index (χ0v) is 12.3. The number of carbonyl (C=O) groups excluding carboxylic acids is 1. The first kappa shape index (κ1) is 13.8. The highest BCUT2D eigenvalue weighted by Crippen LogP contribution is 2.36. The Kier molecular flexibility index (Phi) is 3.63. The SMILES string of the molecule is O=C(c1cccc2c1OCO2)N1CCC(C2OCCO2)CC1. The maximum atomic E-state index is 12.7. The molecule has 3 heterocycles. The lowest BCUT2D eigenvalue weighted by Gasteiger charge is -2.34. The van der Waals surface area contributed by atoms with E-state index in [1.165, 1.54) is 0 Å². The summed E-state index contributed by atoms with van der Waals surface area (Å²) in [6.07, 6.45) is 1.72. The van der Waals surface area contributed by atoms with E-state index in [4.69, 9.17) is 18.9 Å². The third kappa shape index (κ3) is 2.42. The number of amides is 1. The molecule has 1 aromatic rings. The molecule has 4 rings (SSSR count). The van der Waals surface area contributed by atoms with Crippen molar-refractivity contribution in [3.05, 3.63) is 23.8 Å². The molecule has 1 aromatic carbocycles. The molecule has 22 heavy (non-hydrogen) atoms. The highest BCUT2D eigenvalue weighted by Gasteiger charge is 2.33. The molecule has 2 saturated heterocycles. The lowest BCUT2D eigenvalue weighted by atomic mass is 9.95. The van der Waals surface area contributed by atoms with Crippen LogP contribution in [0.3, 0.4) is 0 Å². The first-order valence-electron chi connectivity index (χ1n) is 7.74. The zero-order valence-electron chi connectivity index (χ0n) is 12.3. The molecule has 6 heteroatoms. The summed E-state index contributed by atoms with van der Waals surface area (Å²) >= 11 is 0. The van der Waals surface area contributed by atoms with Crippen LogP contribution in [0.2, 0.25) is 0 Å². The highest BCUT2D eigenvalue weighted by molar-refractivity contribution is 5.98. The third-order valence-electron chi connectivity index (χ3n) is 4.49. The van der Waals surface area contributed by atoms with Gasteiger partial charge >= 0.3 is 0 Å². The lowest BCUT2D eigenvalue weighted by molar-refractivity contribution is -0.0956. The van der Waals surface area contributed by atoms with Crippen molar-refractivity contribution < 1.29 is 23.7 Å². The molecule has 0 aliphatic carbocycles. The van der Waals surface area contributed by atoms with Crippen molar-refractivity contribution in [3.63, 3.8) is 0 Å². The first-order valence-corrected chi connectivity index (χ1v) is 7.74. The van der Waals surface area contributed by atoms with E-state index in [1.54, 1.807) is 6.07 Å². The van der Waals surface area contributed by atoms with Gasteiger partial charge in [-0.3, -0.25) is 4.79 Å². The maximum absolute atomic E-state index is 12.7. The number of nitrogens with zero attached hydrogens (tertiary/aromatic N) is 1. The van der Waals surface area contributed by atoms with Gasteiger partial charge in [0.05, 0.1) is 18.8 Å². The van der Waals surface area contributed by atoms with E-state index in [0.29, 0.717) is 36.2 Å². The summed E-state index contributed by atoms with van der Waals surface area (Å²) in [6, 6.07) is 5.44. The number of rotatable bonds is 2. The number of fused-ring (bicyclic) bond motifs is 1. The molecule has 0 saturated carbocycles. The van der Waals surface area contributed by atoms with Gasteiger partial charge in [0.1, 0.15) is 0 Å². The van der Waals surface area contributed by atoms with Gasteiger partial charge in [-0.2, -0.15) is 0 Å². The summed E-state index contributed by atoms with van der Waals surface area (Å²) < 4.78 is 21.9. The number of piperidine rings is 1. The monoisotopic (exact) mass is 305 g/mol. The summed E-state index contributed by atoms with van der Waals surface area (Å²) in [6.45, 7) is 2.97. The van der Waals surface area contributed by atoms with Gasteiger partial charge in [0, 0.05) is 19.0 Å². The van der Waals surface area contributed by atoms with Crippen LogP contribution >= 0.6 is 0 Å². The molecule has 0 radical (unpaired) electrons. The van der Waals surface area contributed by atoms with Crippen molar-refractivity contribution >= 4 is 5.91 Å². The second-order valence-corrected chi connectivity index (χ2v) is 5.78. The fraction of sp³-hybridized carbons (Fsp3) is 0.562. The number of ether oxygens (including phenoxy) is 4. The normalized spacial score (nSPS) is 22.3. The van der Waals surface area contributed by atoms with Crippen LogP contribution in [-0.4, -0.2) is 50.2 Å². The van der Waals surface area contributed by atoms with Crippen LogP contribution in [0.5, 0.6) is 11.5 Å². The van der Waals surface area contributed by atoms with Gasteiger partial charge in [0.15, 0.2) is 17.8 Å². The maximum Gasteiger partial charge on any atom is 0.257 e. The molecule has 0 bridgehead atoms. The Hall–Kier alpha value is -1.79. The number of likely N-dealkylation sites (tertiary alicyclic amines) is 1. The van der Waals surface area contributed by atoms with Crippen molar-refractivity contribution in [3.8, 4) is 11.5 Å². The standard InChI is InChI=1S/C16H19NO5/c18-15(12-2-1-3-13-14(12)22-10-21-13)17-6-4-11(5-7-17)16-19-8-9-20-16/h1-3,11,16H,4-10H2. The van der Waals surface area contributed by atoms with Crippen molar-refractivity contribution in [2.45, 2.75) is 19.1 Å². The third-order valence-corrected chi connectivity index (χ3v) is 4.49. The van der Waals surface area contributed by atoms with Gasteiger partial charge in [-0.05, 0) is 25.0 Å². The van der Waals surface area contributed by atoms with Crippen LogP contribution in [-0.2, 0) is 9.47 Å². The number of carbonyl (C=O) groups is 1. The Morgan fingerprint density at radius 3 is 2.64 bits per heavy atom. The second kappa shape index (κ2) is 5.78. The van der Waals surface area contributed by atoms with E-state index in [-0.39, 0.29) is 19.0 Å². The van der Waals surface area contributed by atoms with E-state index in [0.717, 1.165) is 25.9 Å². The molecule has 0 N–H and O–H groups in total. The van der Waals surface area contributed by atoms with Crippen LogP contribution in [0.4, 0.5) is 0 Å². The van der Waals surface area contributed by atoms with Crippen molar-refractivity contribution in [1.29, 1.82) is 0 Å². The van der Waals surface area contributed by atoms with Crippen LogP contribution in [0.15, 0.2) is 18.2 Å². The van der Waals surface area contributed by atoms with Gasteiger partial charge in [-0.15, -0.1) is 0 Å². The van der Waals surface area contributed by atoms with Gasteiger partial charge in [0.2, 0.25) is 6.79 Å². The van der Waals surface area contributed by atoms with Gasteiger partial charge in [-0.1, -0.05) is 6.07 Å². The summed E-state index contributed by atoms with van der Waals surface area (Å²) in [5.41, 5.74) is 0.585. The molecule has 6 nitrogen and oxygen atoms in total. The van der Waals surface area contributed by atoms with Crippen molar-refractivity contribution in [1.82, 2.24) is 4.90 Å². The van der Waals surface area contributed by atoms with Crippen LogP contribution in [0.25, 0.3) is 0 Å². The van der Waals surface area contributed by atoms with E-state index >= 15 is 0 Å². The predicted molar refractivity (Wildman–Crippen MR) is 76.9 cm³/mol. The molecule has 0 aromatic heterocycles. The van der Waals surface area contributed by atoms with Crippen LogP contribution in [0, 0.1) is 5.92 Å². The molecule has 3 aliphatic rings. The molecular formula is C16H19NO5. The molecule has 1 amide bonds. The largest absolute Gasteiger partial charge is 0.454 e. The first-order chi connectivity index (χ1) is 10.8. The molecule has 0 atom stereocenters. The predicted octanol–water partition coefficient (Wildman–Crippen LogP) is 1.64. The molecule has 0 spiro atoms. The zero-order chi connectivity index (χ0) is 14.9. The number of para-hydroxylation sites is 1. The molecule has 118 valence electrons. The molecule has 2 fully saturated rings. The Labute approximate surface area is 128 Å². The number of benzene rings is 1.